The first-order chi connectivity index (χ1) is 13.1. The molecule has 1 fully saturated rings. The molecule has 3 rings (SSSR count). The summed E-state index contributed by atoms with van der Waals surface area (Å²) in [6.45, 7) is 9.66. The molecule has 2 aliphatic heterocycles. The Kier molecular flexibility index (Phi) is 6.72. The van der Waals surface area contributed by atoms with Gasteiger partial charge in [0.25, 0.3) is 0 Å². The Bertz CT molecular complexity index is 668. The van der Waals surface area contributed by atoms with Crippen molar-refractivity contribution in [1.82, 2.24) is 15.1 Å². The number of carbonyl (C=O) groups is 2. The van der Waals surface area contributed by atoms with Crippen LogP contribution in [0.1, 0.15) is 30.9 Å². The van der Waals surface area contributed by atoms with Crippen LogP contribution in [0, 0.1) is 6.92 Å². The molecule has 1 aromatic carbocycles. The zero-order chi connectivity index (χ0) is 19.2. The van der Waals surface area contributed by atoms with E-state index >= 15 is 0 Å². The van der Waals surface area contributed by atoms with Crippen LogP contribution in [-0.2, 0) is 16.0 Å². The van der Waals surface area contributed by atoms with Gasteiger partial charge in [-0.3, -0.25) is 14.5 Å². The molecular formula is C21H32N4O2. The van der Waals surface area contributed by atoms with Crippen molar-refractivity contribution in [1.29, 1.82) is 0 Å². The zero-order valence-corrected chi connectivity index (χ0v) is 16.7. The molecule has 0 aliphatic carbocycles. The van der Waals surface area contributed by atoms with Crippen molar-refractivity contribution in [2.24, 2.45) is 0 Å². The third-order valence-corrected chi connectivity index (χ3v) is 5.44. The number of fused-ring (bicyclic) bond motifs is 1. The Balaban J connectivity index is 1.49. The van der Waals surface area contributed by atoms with Gasteiger partial charge in [-0.2, -0.15) is 0 Å². The summed E-state index contributed by atoms with van der Waals surface area (Å²) in [4.78, 5) is 31.0. The summed E-state index contributed by atoms with van der Waals surface area (Å²) in [5, 5.41) is 2.91. The standard InChI is InChI=1S/C21H32N4O2/c1-3-8-22-20(26)15-23-10-12-24(13-11-23)21(27)16-25-9-4-5-18-14-17(2)6-7-19(18)25/h6-7,14H,3-5,8-13,15-16H2,1-2H3,(H,22,26). The number of hydrogen-bond donors (Lipinski definition) is 1. The molecule has 1 aromatic rings. The van der Waals surface area contributed by atoms with Crippen LogP contribution >= 0.6 is 0 Å². The topological polar surface area (TPSA) is 55.9 Å². The fourth-order valence-electron chi connectivity index (χ4n) is 3.91. The molecule has 2 amide bonds. The summed E-state index contributed by atoms with van der Waals surface area (Å²) in [7, 11) is 0. The largest absolute Gasteiger partial charge is 0.362 e. The van der Waals surface area contributed by atoms with Crippen molar-refractivity contribution in [3.63, 3.8) is 0 Å². The lowest BCUT2D eigenvalue weighted by Gasteiger charge is -2.37. The summed E-state index contributed by atoms with van der Waals surface area (Å²) in [5.41, 5.74) is 3.85. The smallest absolute Gasteiger partial charge is 0.242 e. The van der Waals surface area contributed by atoms with Crippen LogP contribution in [0.4, 0.5) is 5.69 Å². The third-order valence-electron chi connectivity index (χ3n) is 5.44. The molecule has 2 aliphatic rings. The zero-order valence-electron chi connectivity index (χ0n) is 16.7. The van der Waals surface area contributed by atoms with Crippen molar-refractivity contribution in [3.05, 3.63) is 29.3 Å². The second-order valence-corrected chi connectivity index (χ2v) is 7.66. The second-order valence-electron chi connectivity index (χ2n) is 7.66. The molecule has 0 spiro atoms. The van der Waals surface area contributed by atoms with E-state index in [4.69, 9.17) is 0 Å². The minimum atomic E-state index is 0.0804. The predicted molar refractivity (Wildman–Crippen MR) is 108 cm³/mol. The number of amides is 2. The first kappa shape index (κ1) is 19.7. The van der Waals surface area contributed by atoms with Crippen molar-refractivity contribution in [3.8, 4) is 0 Å². The minimum Gasteiger partial charge on any atom is -0.362 e. The summed E-state index contributed by atoms with van der Waals surface area (Å²) in [6, 6.07) is 6.53. The van der Waals surface area contributed by atoms with Crippen LogP contribution in [0.3, 0.4) is 0 Å². The molecule has 6 heteroatoms. The predicted octanol–water partition coefficient (Wildman–Crippen LogP) is 1.42. The van der Waals surface area contributed by atoms with E-state index in [1.807, 2.05) is 11.8 Å². The number of nitrogens with one attached hydrogen (secondary N) is 1. The number of benzene rings is 1. The van der Waals surface area contributed by atoms with Crippen LogP contribution in [0.15, 0.2) is 18.2 Å². The fourth-order valence-corrected chi connectivity index (χ4v) is 3.91. The molecule has 0 unspecified atom stereocenters. The van der Waals surface area contributed by atoms with E-state index in [-0.39, 0.29) is 11.8 Å². The molecule has 0 atom stereocenters. The Labute approximate surface area is 162 Å². The Morgan fingerprint density at radius 2 is 1.85 bits per heavy atom. The van der Waals surface area contributed by atoms with E-state index in [0.29, 0.717) is 26.2 Å². The molecule has 6 nitrogen and oxygen atoms in total. The highest BCUT2D eigenvalue weighted by molar-refractivity contribution is 5.82. The van der Waals surface area contributed by atoms with Gasteiger partial charge in [0, 0.05) is 45.0 Å². The molecule has 0 saturated carbocycles. The van der Waals surface area contributed by atoms with E-state index in [9.17, 15) is 9.59 Å². The first-order valence-electron chi connectivity index (χ1n) is 10.2. The Morgan fingerprint density at radius 3 is 2.59 bits per heavy atom. The van der Waals surface area contributed by atoms with E-state index in [2.05, 4.69) is 40.2 Å². The van der Waals surface area contributed by atoms with Gasteiger partial charge in [0.2, 0.25) is 11.8 Å². The molecule has 0 radical (unpaired) electrons. The molecular weight excluding hydrogens is 340 g/mol. The summed E-state index contributed by atoms with van der Waals surface area (Å²) in [5.74, 6) is 0.273. The second kappa shape index (κ2) is 9.22. The van der Waals surface area contributed by atoms with Gasteiger partial charge in [-0.1, -0.05) is 24.6 Å². The number of nitrogens with zero attached hydrogens (tertiary/aromatic N) is 3. The maximum absolute atomic E-state index is 12.8. The highest BCUT2D eigenvalue weighted by Crippen LogP contribution is 2.27. The Morgan fingerprint density at radius 1 is 1.07 bits per heavy atom. The number of aryl methyl sites for hydroxylation is 2. The van der Waals surface area contributed by atoms with E-state index in [0.717, 1.165) is 45.4 Å². The summed E-state index contributed by atoms with van der Waals surface area (Å²) >= 11 is 0. The molecule has 0 bridgehead atoms. The normalized spacial score (nSPS) is 17.6. The number of rotatable bonds is 6. The van der Waals surface area contributed by atoms with Crippen LogP contribution in [0.25, 0.3) is 0 Å². The van der Waals surface area contributed by atoms with Gasteiger partial charge in [0.05, 0.1) is 13.1 Å². The van der Waals surface area contributed by atoms with Gasteiger partial charge in [-0.15, -0.1) is 0 Å². The van der Waals surface area contributed by atoms with E-state index < -0.39 is 0 Å². The van der Waals surface area contributed by atoms with Crippen molar-refractivity contribution >= 4 is 17.5 Å². The lowest BCUT2D eigenvalue weighted by Crippen LogP contribution is -2.53. The minimum absolute atomic E-state index is 0.0804. The molecule has 1 N–H and O–H groups in total. The van der Waals surface area contributed by atoms with Gasteiger partial charge in [-0.05, 0) is 37.8 Å². The fraction of sp³-hybridized carbons (Fsp3) is 0.619. The molecule has 27 heavy (non-hydrogen) atoms. The summed E-state index contributed by atoms with van der Waals surface area (Å²) < 4.78 is 0. The van der Waals surface area contributed by atoms with Gasteiger partial charge >= 0.3 is 0 Å². The quantitative estimate of drug-likeness (QED) is 0.821. The van der Waals surface area contributed by atoms with Crippen molar-refractivity contribution in [2.75, 3.05) is 57.3 Å². The number of piperazine rings is 1. The highest BCUT2D eigenvalue weighted by atomic mass is 16.2. The highest BCUT2D eigenvalue weighted by Gasteiger charge is 2.25. The van der Waals surface area contributed by atoms with Crippen molar-refractivity contribution < 1.29 is 9.59 Å². The van der Waals surface area contributed by atoms with Gasteiger partial charge < -0.3 is 15.1 Å². The summed E-state index contributed by atoms with van der Waals surface area (Å²) in [6.07, 6.45) is 3.15. The molecule has 0 aromatic heterocycles. The lowest BCUT2D eigenvalue weighted by molar-refractivity contribution is -0.131. The van der Waals surface area contributed by atoms with Crippen LogP contribution in [-0.4, -0.2) is 74.0 Å². The van der Waals surface area contributed by atoms with Crippen LogP contribution < -0.4 is 10.2 Å². The van der Waals surface area contributed by atoms with Gasteiger partial charge in [0.1, 0.15) is 0 Å². The lowest BCUT2D eigenvalue weighted by atomic mass is 9.99. The number of hydrogen-bond acceptors (Lipinski definition) is 4. The maximum atomic E-state index is 12.8. The average Bonchev–Trinajstić information content (AvgIpc) is 2.67. The van der Waals surface area contributed by atoms with Gasteiger partial charge in [-0.25, -0.2) is 0 Å². The molecule has 148 valence electrons. The maximum Gasteiger partial charge on any atom is 0.242 e. The van der Waals surface area contributed by atoms with Crippen LogP contribution in [0.5, 0.6) is 0 Å². The first-order valence-corrected chi connectivity index (χ1v) is 10.2. The molecule has 1 saturated heterocycles. The number of anilines is 1. The van der Waals surface area contributed by atoms with E-state index in [1.165, 1.54) is 16.8 Å². The average molecular weight is 373 g/mol. The molecule has 2 heterocycles. The van der Waals surface area contributed by atoms with Crippen LogP contribution in [0.2, 0.25) is 0 Å². The Hall–Kier alpha value is -2.08. The third kappa shape index (κ3) is 5.22. The number of carbonyl (C=O) groups excluding carboxylic acids is 2. The van der Waals surface area contributed by atoms with Crippen molar-refractivity contribution in [2.45, 2.75) is 33.1 Å². The monoisotopic (exact) mass is 372 g/mol. The van der Waals surface area contributed by atoms with E-state index in [1.54, 1.807) is 0 Å². The SMILES string of the molecule is CCCNC(=O)CN1CCN(C(=O)CN2CCCc3cc(C)ccc32)CC1. The van der Waals surface area contributed by atoms with Gasteiger partial charge in [0.15, 0.2) is 0 Å².